The average molecular weight is 415 g/mol. The van der Waals surface area contributed by atoms with Crippen molar-refractivity contribution in [2.45, 2.75) is 32.6 Å². The monoisotopic (exact) mass is 415 g/mol. The summed E-state index contributed by atoms with van der Waals surface area (Å²) in [7, 11) is 0. The van der Waals surface area contributed by atoms with Gasteiger partial charge in [-0.2, -0.15) is 5.26 Å². The van der Waals surface area contributed by atoms with Crippen molar-refractivity contribution in [1.29, 1.82) is 5.26 Å². The Hall–Kier alpha value is -3.59. The Morgan fingerprint density at radius 3 is 2.65 bits per heavy atom. The van der Waals surface area contributed by atoms with E-state index in [9.17, 15) is 4.79 Å². The van der Waals surface area contributed by atoms with Crippen LogP contribution in [0.5, 0.6) is 0 Å². The first kappa shape index (κ1) is 20.7. The number of aromatic nitrogens is 1. The highest BCUT2D eigenvalue weighted by Gasteiger charge is 2.23. The van der Waals surface area contributed by atoms with Crippen molar-refractivity contribution < 1.29 is 14.4 Å². The highest BCUT2D eigenvalue weighted by molar-refractivity contribution is 5.87. The molecule has 4 rings (SSSR count). The molecule has 0 atom stereocenters. The Morgan fingerprint density at radius 1 is 1.23 bits per heavy atom. The summed E-state index contributed by atoms with van der Waals surface area (Å²) in [5.41, 5.74) is 5.60. The molecule has 2 heterocycles. The van der Waals surface area contributed by atoms with Crippen LogP contribution in [0, 0.1) is 24.2 Å². The first-order valence-electron chi connectivity index (χ1n) is 10.6. The van der Waals surface area contributed by atoms with Crippen LogP contribution in [0.1, 0.15) is 47.2 Å². The lowest BCUT2D eigenvalue weighted by atomic mass is 9.91. The topological polar surface area (TPSA) is 90.4 Å². The van der Waals surface area contributed by atoms with Crippen LogP contribution in [0.4, 0.5) is 4.79 Å². The van der Waals surface area contributed by atoms with Crippen LogP contribution in [-0.4, -0.2) is 34.3 Å². The zero-order valence-corrected chi connectivity index (χ0v) is 17.5. The molecule has 0 spiro atoms. The summed E-state index contributed by atoms with van der Waals surface area (Å²) in [6, 6.07) is 13.8. The number of rotatable bonds is 5. The highest BCUT2D eigenvalue weighted by Crippen LogP contribution is 2.29. The molecule has 0 unspecified atom stereocenters. The Labute approximate surface area is 181 Å². The van der Waals surface area contributed by atoms with Crippen molar-refractivity contribution >= 4 is 29.2 Å². The Bertz CT molecular complexity index is 1150. The molecular weight excluding hydrogens is 390 g/mol. The number of fused-ring (bicyclic) bond motifs is 1. The van der Waals surface area contributed by atoms with Crippen molar-refractivity contribution in [3.8, 4) is 6.07 Å². The van der Waals surface area contributed by atoms with E-state index in [2.05, 4.69) is 29.4 Å². The number of nitrogens with zero attached hydrogens (tertiary/aromatic N) is 3. The smallest absolute Gasteiger partial charge is 0.407 e. The zero-order chi connectivity index (χ0) is 21.8. The number of carbonyl (C=O) groups is 1. The second-order valence-electron chi connectivity index (χ2n) is 8.10. The number of likely N-dealkylation sites (tertiary alicyclic amines) is 1. The Kier molecular flexibility index (Phi) is 6.03. The van der Waals surface area contributed by atoms with E-state index < -0.39 is 6.09 Å². The average Bonchev–Trinajstić information content (AvgIpc) is 3.21. The fourth-order valence-corrected chi connectivity index (χ4v) is 4.17. The number of amides is 1. The molecule has 1 aliphatic rings. The summed E-state index contributed by atoms with van der Waals surface area (Å²) >= 11 is 0. The van der Waals surface area contributed by atoms with E-state index in [1.54, 1.807) is 0 Å². The molecule has 1 saturated heterocycles. The minimum Gasteiger partial charge on any atom is -0.465 e. The van der Waals surface area contributed by atoms with E-state index in [1.807, 2.05) is 37.3 Å². The van der Waals surface area contributed by atoms with E-state index in [1.165, 1.54) is 4.90 Å². The van der Waals surface area contributed by atoms with Crippen LogP contribution < -0.4 is 0 Å². The predicted molar refractivity (Wildman–Crippen MR) is 119 cm³/mol. The summed E-state index contributed by atoms with van der Waals surface area (Å²) in [5.74, 6) is 0.526. The third kappa shape index (κ3) is 4.61. The minimum atomic E-state index is -0.819. The van der Waals surface area contributed by atoms with E-state index in [0.29, 0.717) is 24.6 Å². The quantitative estimate of drug-likeness (QED) is 0.556. The molecule has 6 nitrogen and oxygen atoms in total. The van der Waals surface area contributed by atoms with E-state index in [0.717, 1.165) is 59.0 Å². The maximum Gasteiger partial charge on any atom is 0.407 e. The van der Waals surface area contributed by atoms with Gasteiger partial charge in [-0.05, 0) is 67.9 Å². The third-order valence-electron chi connectivity index (χ3n) is 6.18. The number of hydrogen-bond donors (Lipinski definition) is 1. The van der Waals surface area contributed by atoms with Crippen LogP contribution in [0.25, 0.3) is 23.1 Å². The van der Waals surface area contributed by atoms with Crippen molar-refractivity contribution in [3.63, 3.8) is 0 Å². The fraction of sp³-hybridized carbons (Fsp3) is 0.320. The van der Waals surface area contributed by atoms with Gasteiger partial charge in [0, 0.05) is 24.0 Å². The van der Waals surface area contributed by atoms with Crippen LogP contribution in [0.15, 0.2) is 40.9 Å². The molecule has 31 heavy (non-hydrogen) atoms. The molecule has 1 N–H and O–H groups in total. The standard InChI is InChI=1S/C25H25N3O3/c1-17-21(8-6-18-2-4-20(16-26)5-3-18)9-10-22-23(27-31-24(17)22)11-7-19-12-14-28(15-13-19)25(29)30/h2-6,8-10,19H,7,11-15H2,1H3,(H,29,30). The highest BCUT2D eigenvalue weighted by atomic mass is 16.5. The third-order valence-corrected chi connectivity index (χ3v) is 6.18. The molecule has 1 amide bonds. The molecule has 1 fully saturated rings. The van der Waals surface area contributed by atoms with Crippen molar-refractivity contribution in [1.82, 2.24) is 10.1 Å². The Morgan fingerprint density at radius 2 is 1.97 bits per heavy atom. The van der Waals surface area contributed by atoms with Crippen molar-refractivity contribution in [2.24, 2.45) is 5.92 Å². The number of piperidine rings is 1. The second kappa shape index (κ2) is 9.05. The molecule has 2 aromatic carbocycles. The zero-order valence-electron chi connectivity index (χ0n) is 17.5. The van der Waals surface area contributed by atoms with E-state index in [-0.39, 0.29) is 0 Å². The number of benzene rings is 2. The van der Waals surface area contributed by atoms with Gasteiger partial charge < -0.3 is 14.5 Å². The first-order valence-corrected chi connectivity index (χ1v) is 10.6. The van der Waals surface area contributed by atoms with Crippen LogP contribution in [-0.2, 0) is 6.42 Å². The van der Waals surface area contributed by atoms with Crippen LogP contribution in [0.3, 0.4) is 0 Å². The molecule has 1 aliphatic heterocycles. The lowest BCUT2D eigenvalue weighted by Crippen LogP contribution is -2.37. The fourth-order valence-electron chi connectivity index (χ4n) is 4.17. The van der Waals surface area contributed by atoms with Gasteiger partial charge in [0.25, 0.3) is 0 Å². The van der Waals surface area contributed by atoms with Gasteiger partial charge in [0.1, 0.15) is 0 Å². The predicted octanol–water partition coefficient (Wildman–Crippen LogP) is 5.50. The Balaban J connectivity index is 1.43. The number of aryl methyl sites for hydroxylation is 2. The van der Waals surface area contributed by atoms with Gasteiger partial charge in [-0.25, -0.2) is 4.79 Å². The molecule has 0 bridgehead atoms. The number of nitriles is 1. The van der Waals surface area contributed by atoms with E-state index in [4.69, 9.17) is 14.9 Å². The summed E-state index contributed by atoms with van der Waals surface area (Å²) < 4.78 is 5.69. The molecular formula is C25H25N3O3. The maximum atomic E-state index is 11.1. The van der Waals surface area contributed by atoms with Gasteiger partial charge in [0.2, 0.25) is 0 Å². The first-order chi connectivity index (χ1) is 15.0. The van der Waals surface area contributed by atoms with Crippen molar-refractivity contribution in [3.05, 3.63) is 64.3 Å². The van der Waals surface area contributed by atoms with E-state index >= 15 is 0 Å². The van der Waals surface area contributed by atoms with Gasteiger partial charge in [0.15, 0.2) is 5.58 Å². The summed E-state index contributed by atoms with van der Waals surface area (Å²) in [6.45, 7) is 3.28. The summed E-state index contributed by atoms with van der Waals surface area (Å²) in [4.78, 5) is 12.6. The van der Waals surface area contributed by atoms with Crippen LogP contribution >= 0.6 is 0 Å². The SMILES string of the molecule is Cc1c(C=Cc2ccc(C#N)cc2)ccc2c(CCC3CCN(C(=O)O)CC3)noc12. The number of carboxylic acid groups (broad SMARTS) is 1. The lowest BCUT2D eigenvalue weighted by molar-refractivity contribution is 0.123. The normalized spacial score (nSPS) is 14.9. The lowest BCUT2D eigenvalue weighted by Gasteiger charge is -2.29. The van der Waals surface area contributed by atoms with Gasteiger partial charge in [-0.1, -0.05) is 35.5 Å². The maximum absolute atomic E-state index is 11.1. The molecule has 1 aromatic heterocycles. The van der Waals surface area contributed by atoms with Gasteiger partial charge in [-0.3, -0.25) is 0 Å². The van der Waals surface area contributed by atoms with Gasteiger partial charge in [-0.15, -0.1) is 0 Å². The van der Waals surface area contributed by atoms with Crippen molar-refractivity contribution in [2.75, 3.05) is 13.1 Å². The largest absolute Gasteiger partial charge is 0.465 e. The summed E-state index contributed by atoms with van der Waals surface area (Å²) in [5, 5.41) is 23.4. The molecule has 6 heteroatoms. The number of hydrogen-bond acceptors (Lipinski definition) is 4. The molecule has 0 aliphatic carbocycles. The minimum absolute atomic E-state index is 0.526. The van der Waals surface area contributed by atoms with Gasteiger partial charge in [0.05, 0.1) is 17.3 Å². The van der Waals surface area contributed by atoms with Gasteiger partial charge >= 0.3 is 6.09 Å². The molecule has 3 aromatic rings. The molecule has 0 saturated carbocycles. The molecule has 0 radical (unpaired) electrons. The summed E-state index contributed by atoms with van der Waals surface area (Å²) in [6.07, 6.45) is 6.90. The molecule has 158 valence electrons. The second-order valence-corrected chi connectivity index (χ2v) is 8.10. The van der Waals surface area contributed by atoms with Crippen LogP contribution in [0.2, 0.25) is 0 Å².